The number of carbonyl (C=O) groups is 1. The van der Waals surface area contributed by atoms with Crippen molar-refractivity contribution in [3.05, 3.63) is 35.0 Å². The molecule has 3 aromatic heterocycles. The summed E-state index contributed by atoms with van der Waals surface area (Å²) in [7, 11) is 1.58. The number of fused-ring (bicyclic) bond motifs is 1. The number of ether oxygens (including phenoxy) is 1. The predicted octanol–water partition coefficient (Wildman–Crippen LogP) is 1.76. The van der Waals surface area contributed by atoms with E-state index in [1.165, 1.54) is 0 Å². The van der Waals surface area contributed by atoms with E-state index in [2.05, 4.69) is 20.5 Å². The fraction of sp³-hybridized carbons (Fsp3) is 0.471. The third kappa shape index (κ3) is 2.69. The lowest BCUT2D eigenvalue weighted by atomic mass is 9.95. The highest BCUT2D eigenvalue weighted by Crippen LogP contribution is 2.28. The Morgan fingerprint density at radius 3 is 2.65 bits per heavy atom. The van der Waals surface area contributed by atoms with Gasteiger partial charge in [0.15, 0.2) is 11.5 Å². The summed E-state index contributed by atoms with van der Waals surface area (Å²) in [6, 6.07) is 3.59. The fourth-order valence-electron chi connectivity index (χ4n) is 3.44. The summed E-state index contributed by atoms with van der Waals surface area (Å²) in [6.45, 7) is 4.85. The van der Waals surface area contributed by atoms with Crippen molar-refractivity contribution in [3.63, 3.8) is 0 Å². The van der Waals surface area contributed by atoms with Gasteiger partial charge in [0, 0.05) is 25.1 Å². The molecule has 0 aromatic carbocycles. The Balaban J connectivity index is 1.51. The Morgan fingerprint density at radius 1 is 1.23 bits per heavy atom. The Bertz CT molecular complexity index is 935. The number of likely N-dealkylation sites (tertiary alicyclic amines) is 1. The topological polar surface area (TPSA) is 98.7 Å². The molecule has 1 saturated heterocycles. The third-order valence-electron chi connectivity index (χ3n) is 4.87. The number of amides is 1. The lowest BCUT2D eigenvalue weighted by molar-refractivity contribution is 0.0708. The summed E-state index contributed by atoms with van der Waals surface area (Å²) >= 11 is 0. The molecule has 0 atom stereocenters. The van der Waals surface area contributed by atoms with Gasteiger partial charge in [-0.2, -0.15) is 4.52 Å². The zero-order chi connectivity index (χ0) is 18.3. The number of piperidine rings is 1. The van der Waals surface area contributed by atoms with Gasteiger partial charge in [0.05, 0.1) is 12.8 Å². The van der Waals surface area contributed by atoms with Crippen LogP contribution in [0.25, 0.3) is 5.65 Å². The number of hydrogen-bond donors (Lipinski definition) is 0. The monoisotopic (exact) mass is 356 g/mol. The summed E-state index contributed by atoms with van der Waals surface area (Å²) in [5.74, 6) is 2.06. The SMILES string of the molecule is COc1ccc2nnc(C3CCN(C(=O)c4c(C)noc4C)CC3)n2n1. The van der Waals surface area contributed by atoms with E-state index < -0.39 is 0 Å². The van der Waals surface area contributed by atoms with E-state index in [-0.39, 0.29) is 11.8 Å². The summed E-state index contributed by atoms with van der Waals surface area (Å²) in [5, 5.41) is 16.8. The summed E-state index contributed by atoms with van der Waals surface area (Å²) < 4.78 is 12.0. The Hall–Kier alpha value is -2.97. The molecule has 0 N–H and O–H groups in total. The van der Waals surface area contributed by atoms with Crippen molar-refractivity contribution in [3.8, 4) is 5.88 Å². The molecule has 0 aliphatic carbocycles. The first-order valence-electron chi connectivity index (χ1n) is 8.57. The van der Waals surface area contributed by atoms with Crippen molar-refractivity contribution >= 4 is 11.6 Å². The van der Waals surface area contributed by atoms with Crippen molar-refractivity contribution in [1.82, 2.24) is 29.9 Å². The lowest BCUT2D eigenvalue weighted by Crippen LogP contribution is -2.38. The molecule has 1 amide bonds. The van der Waals surface area contributed by atoms with Gasteiger partial charge in [-0.3, -0.25) is 4.79 Å². The van der Waals surface area contributed by atoms with Crippen LogP contribution < -0.4 is 4.74 Å². The van der Waals surface area contributed by atoms with E-state index in [9.17, 15) is 4.79 Å². The second-order valence-corrected chi connectivity index (χ2v) is 6.47. The third-order valence-corrected chi connectivity index (χ3v) is 4.87. The summed E-state index contributed by atoms with van der Waals surface area (Å²) in [5.41, 5.74) is 1.90. The van der Waals surface area contributed by atoms with Gasteiger partial charge in [0.1, 0.15) is 11.3 Å². The van der Waals surface area contributed by atoms with Crippen LogP contribution in [-0.2, 0) is 0 Å². The summed E-state index contributed by atoms with van der Waals surface area (Å²) in [6.07, 6.45) is 1.60. The average molecular weight is 356 g/mol. The lowest BCUT2D eigenvalue weighted by Gasteiger charge is -2.31. The zero-order valence-corrected chi connectivity index (χ0v) is 15.0. The maximum absolute atomic E-state index is 12.8. The number of aryl methyl sites for hydroxylation is 2. The van der Waals surface area contributed by atoms with Crippen molar-refractivity contribution in [2.24, 2.45) is 0 Å². The molecule has 0 spiro atoms. The molecule has 4 rings (SSSR count). The minimum absolute atomic E-state index is 0.0226. The van der Waals surface area contributed by atoms with Gasteiger partial charge in [-0.15, -0.1) is 15.3 Å². The predicted molar refractivity (Wildman–Crippen MR) is 91.2 cm³/mol. The molecule has 1 aliphatic rings. The average Bonchev–Trinajstić information content (AvgIpc) is 3.23. The first-order chi connectivity index (χ1) is 12.6. The van der Waals surface area contributed by atoms with Gasteiger partial charge in [-0.05, 0) is 32.8 Å². The van der Waals surface area contributed by atoms with E-state index >= 15 is 0 Å². The van der Waals surface area contributed by atoms with Gasteiger partial charge < -0.3 is 14.2 Å². The zero-order valence-electron chi connectivity index (χ0n) is 15.0. The molecular weight excluding hydrogens is 336 g/mol. The molecule has 9 nitrogen and oxygen atoms in total. The fourth-order valence-corrected chi connectivity index (χ4v) is 3.44. The molecule has 3 aromatic rings. The highest BCUT2D eigenvalue weighted by atomic mass is 16.5. The smallest absolute Gasteiger partial charge is 0.259 e. The first-order valence-corrected chi connectivity index (χ1v) is 8.57. The molecule has 1 fully saturated rings. The van der Waals surface area contributed by atoms with Crippen LogP contribution in [0.1, 0.15) is 46.4 Å². The van der Waals surface area contributed by atoms with Crippen LogP contribution in [0.2, 0.25) is 0 Å². The molecular formula is C17H20N6O3. The van der Waals surface area contributed by atoms with Crippen LogP contribution >= 0.6 is 0 Å². The van der Waals surface area contributed by atoms with E-state index in [1.54, 1.807) is 31.5 Å². The van der Waals surface area contributed by atoms with Crippen molar-refractivity contribution in [2.75, 3.05) is 20.2 Å². The number of rotatable bonds is 3. The second-order valence-electron chi connectivity index (χ2n) is 6.47. The molecule has 9 heteroatoms. The Morgan fingerprint density at radius 2 is 2.00 bits per heavy atom. The standard InChI is InChI=1S/C17H20N6O3/c1-10-15(11(2)26-21-10)17(24)22-8-6-12(7-9-22)16-19-18-13-4-5-14(25-3)20-23(13)16/h4-5,12H,6-9H2,1-3H3. The maximum Gasteiger partial charge on any atom is 0.259 e. The Labute approximate surface area is 149 Å². The quantitative estimate of drug-likeness (QED) is 0.705. The number of hydrogen-bond acceptors (Lipinski definition) is 7. The molecule has 0 saturated carbocycles. The number of methoxy groups -OCH3 is 1. The second kappa shape index (κ2) is 6.40. The highest BCUT2D eigenvalue weighted by molar-refractivity contribution is 5.96. The first kappa shape index (κ1) is 16.5. The molecule has 4 heterocycles. The van der Waals surface area contributed by atoms with Crippen LogP contribution in [0, 0.1) is 13.8 Å². The van der Waals surface area contributed by atoms with Crippen molar-refractivity contribution in [2.45, 2.75) is 32.6 Å². The van der Waals surface area contributed by atoms with Crippen molar-refractivity contribution < 1.29 is 14.1 Å². The van der Waals surface area contributed by atoms with E-state index in [0.717, 1.165) is 18.7 Å². The number of carbonyl (C=O) groups excluding carboxylic acids is 1. The maximum atomic E-state index is 12.8. The van der Waals surface area contributed by atoms with Gasteiger partial charge in [-0.1, -0.05) is 5.16 Å². The van der Waals surface area contributed by atoms with Crippen LogP contribution in [0.3, 0.4) is 0 Å². The molecule has 0 radical (unpaired) electrons. The minimum atomic E-state index is -0.0226. The van der Waals surface area contributed by atoms with Gasteiger partial charge >= 0.3 is 0 Å². The van der Waals surface area contributed by atoms with E-state index in [4.69, 9.17) is 9.26 Å². The molecule has 136 valence electrons. The highest BCUT2D eigenvalue weighted by Gasteiger charge is 2.30. The van der Waals surface area contributed by atoms with Gasteiger partial charge in [0.2, 0.25) is 5.88 Å². The van der Waals surface area contributed by atoms with E-state index in [1.807, 2.05) is 11.0 Å². The van der Waals surface area contributed by atoms with E-state index in [0.29, 0.717) is 41.6 Å². The molecule has 0 unspecified atom stereocenters. The molecule has 0 bridgehead atoms. The van der Waals surface area contributed by atoms with Gasteiger partial charge in [-0.25, -0.2) is 0 Å². The normalized spacial score (nSPS) is 15.6. The molecule has 26 heavy (non-hydrogen) atoms. The van der Waals surface area contributed by atoms with Crippen molar-refractivity contribution in [1.29, 1.82) is 0 Å². The number of aromatic nitrogens is 5. The van der Waals surface area contributed by atoms with Gasteiger partial charge in [0.25, 0.3) is 5.91 Å². The van der Waals surface area contributed by atoms with Crippen LogP contribution in [0.4, 0.5) is 0 Å². The Kier molecular flexibility index (Phi) is 4.06. The van der Waals surface area contributed by atoms with Crippen LogP contribution in [0.15, 0.2) is 16.7 Å². The minimum Gasteiger partial charge on any atom is -0.480 e. The summed E-state index contributed by atoms with van der Waals surface area (Å²) in [4.78, 5) is 14.6. The number of nitrogens with zero attached hydrogens (tertiary/aromatic N) is 6. The largest absolute Gasteiger partial charge is 0.480 e. The van der Waals surface area contributed by atoms with Crippen LogP contribution in [0.5, 0.6) is 5.88 Å². The van der Waals surface area contributed by atoms with Crippen LogP contribution in [-0.4, -0.2) is 56.0 Å². The molecule has 1 aliphatic heterocycles.